The van der Waals surface area contributed by atoms with Crippen molar-refractivity contribution in [3.63, 3.8) is 0 Å². The second-order valence-corrected chi connectivity index (χ2v) is 30.5. The van der Waals surface area contributed by atoms with Gasteiger partial charge in [-0.3, -0.25) is 19.9 Å². The summed E-state index contributed by atoms with van der Waals surface area (Å²) in [5, 5.41) is 15.9. The number of hydrogen-bond donors (Lipinski definition) is 0. The molecule has 568 valence electrons. The molecule has 0 radical (unpaired) electrons. The number of rotatable bonds is 10. The summed E-state index contributed by atoms with van der Waals surface area (Å²) < 4.78 is 0. The van der Waals surface area contributed by atoms with Crippen LogP contribution >= 0.6 is 0 Å². The molecule has 24 rings (SSSR count). The first-order chi connectivity index (χ1) is 60.4. The van der Waals surface area contributed by atoms with Crippen molar-refractivity contribution in [1.29, 1.82) is 0 Å². The van der Waals surface area contributed by atoms with Gasteiger partial charge in [-0.05, 0) is 223 Å². The monoisotopic (exact) mass is 1560 g/mol. The van der Waals surface area contributed by atoms with Gasteiger partial charge in [-0.25, -0.2) is 34.9 Å². The van der Waals surface area contributed by atoms with Crippen molar-refractivity contribution in [3.05, 3.63) is 419 Å². The highest BCUT2D eigenvalue weighted by molar-refractivity contribution is 6.21. The third-order valence-electron chi connectivity index (χ3n) is 23.1. The molecular weight excluding hydrogens is 1490 g/mol. The van der Waals surface area contributed by atoms with Crippen molar-refractivity contribution in [1.82, 2.24) is 54.8 Å². The first kappa shape index (κ1) is 71.9. The molecule has 0 aliphatic carbocycles. The molecular formula is C111H69N11. The van der Waals surface area contributed by atoms with Crippen molar-refractivity contribution in [2.24, 2.45) is 0 Å². The van der Waals surface area contributed by atoms with Gasteiger partial charge in [0, 0.05) is 125 Å². The van der Waals surface area contributed by atoms with E-state index in [9.17, 15) is 0 Å². The molecule has 11 aromatic heterocycles. The summed E-state index contributed by atoms with van der Waals surface area (Å²) in [5.74, 6) is 0. The average Bonchev–Trinajstić information content (AvgIpc) is 0.727. The lowest BCUT2D eigenvalue weighted by Crippen LogP contribution is -1.95. The minimum Gasteiger partial charge on any atom is -0.265 e. The Bertz CT molecular complexity index is 8030. The molecule has 0 aliphatic heterocycles. The van der Waals surface area contributed by atoms with Crippen LogP contribution in [0.2, 0.25) is 0 Å². The Morgan fingerprint density at radius 3 is 0.918 bits per heavy atom. The Kier molecular flexibility index (Phi) is 18.3. The van der Waals surface area contributed by atoms with Gasteiger partial charge < -0.3 is 0 Å². The highest BCUT2D eigenvalue weighted by Crippen LogP contribution is 2.45. The summed E-state index contributed by atoms with van der Waals surface area (Å²) in [4.78, 5) is 52.2. The second kappa shape index (κ2) is 31.1. The van der Waals surface area contributed by atoms with Gasteiger partial charge in [0.15, 0.2) is 0 Å². The van der Waals surface area contributed by atoms with Crippen LogP contribution in [0.15, 0.2) is 419 Å². The second-order valence-electron chi connectivity index (χ2n) is 30.5. The van der Waals surface area contributed by atoms with E-state index >= 15 is 0 Å². The van der Waals surface area contributed by atoms with Crippen LogP contribution in [0.1, 0.15) is 0 Å². The smallest absolute Gasteiger partial charge is 0.0972 e. The predicted molar refractivity (Wildman–Crippen MR) is 502 cm³/mol. The van der Waals surface area contributed by atoms with E-state index in [0.29, 0.717) is 0 Å². The molecule has 0 spiro atoms. The Balaban J connectivity index is 0.000000114. The van der Waals surface area contributed by atoms with E-state index in [1.165, 1.54) is 33.0 Å². The summed E-state index contributed by atoms with van der Waals surface area (Å²) >= 11 is 0. The highest BCUT2D eigenvalue weighted by atomic mass is 14.8. The van der Waals surface area contributed by atoms with Crippen molar-refractivity contribution < 1.29 is 0 Å². The molecule has 11 heterocycles. The zero-order valence-corrected chi connectivity index (χ0v) is 65.8. The maximum atomic E-state index is 5.31. The molecule has 11 heteroatoms. The molecule has 0 unspecified atom stereocenters. The van der Waals surface area contributed by atoms with E-state index in [0.717, 1.165) is 199 Å². The molecule has 0 fully saturated rings. The fourth-order valence-corrected chi connectivity index (χ4v) is 16.9. The molecule has 0 atom stereocenters. The van der Waals surface area contributed by atoms with E-state index in [4.69, 9.17) is 39.9 Å². The summed E-state index contributed by atoms with van der Waals surface area (Å²) in [7, 11) is 0. The van der Waals surface area contributed by atoms with Crippen molar-refractivity contribution in [2.45, 2.75) is 0 Å². The molecule has 11 nitrogen and oxygen atoms in total. The summed E-state index contributed by atoms with van der Waals surface area (Å²) in [6.07, 6.45) is 12.6. The summed E-state index contributed by atoms with van der Waals surface area (Å²) in [5.41, 5.74) is 29.0. The quantitative estimate of drug-likeness (QED) is 0.0954. The Hall–Kier alpha value is -16.6. The van der Waals surface area contributed by atoms with Gasteiger partial charge in [-0.1, -0.05) is 218 Å². The average molecular weight is 1560 g/mol. The van der Waals surface area contributed by atoms with Gasteiger partial charge >= 0.3 is 0 Å². The molecule has 122 heavy (non-hydrogen) atoms. The van der Waals surface area contributed by atoms with E-state index in [1.54, 1.807) is 31.0 Å². The lowest BCUT2D eigenvalue weighted by atomic mass is 9.88. The lowest BCUT2D eigenvalue weighted by molar-refractivity contribution is 1.30. The van der Waals surface area contributed by atoms with Gasteiger partial charge in [0.05, 0.1) is 84.0 Å². The maximum Gasteiger partial charge on any atom is 0.0972 e. The highest BCUT2D eigenvalue weighted by Gasteiger charge is 2.21. The van der Waals surface area contributed by atoms with E-state index in [1.807, 2.05) is 73.1 Å². The fourth-order valence-electron chi connectivity index (χ4n) is 16.9. The van der Waals surface area contributed by atoms with Crippen LogP contribution in [0.4, 0.5) is 0 Å². The van der Waals surface area contributed by atoms with Crippen LogP contribution in [0.5, 0.6) is 0 Å². The normalized spacial score (nSPS) is 11.4. The van der Waals surface area contributed by atoms with E-state index in [2.05, 4.69) is 330 Å². The van der Waals surface area contributed by atoms with Crippen LogP contribution < -0.4 is 0 Å². The van der Waals surface area contributed by atoms with Crippen molar-refractivity contribution >= 4 is 120 Å². The van der Waals surface area contributed by atoms with Gasteiger partial charge in [0.25, 0.3) is 0 Å². The predicted octanol–water partition coefficient (Wildman–Crippen LogP) is 27.8. The third-order valence-corrected chi connectivity index (χ3v) is 23.1. The SMILES string of the molecule is c1ccc(-c2ccc3cc(-c4ccc5nc(-c6ccncc6)ccc5c4)ccc3n2)cc1.c1ccc2c(-c3ccc4cc(-c5ccc6nc(-c7ccncc7)ccc6c5)ccc4n3)cccc2c1.c1cncc(-c2ccc3cc(-c4ccc5nc(-c6c7ccccc7c(-c7ccc8ccc9cccnc9c8n7)c7ccccc67)ccc5c4)ccc3n2)c1. The lowest BCUT2D eigenvalue weighted by Gasteiger charge is -2.17. The van der Waals surface area contributed by atoms with Gasteiger partial charge in [0.2, 0.25) is 0 Å². The molecule has 0 N–H and O–H groups in total. The van der Waals surface area contributed by atoms with E-state index in [-0.39, 0.29) is 0 Å². The summed E-state index contributed by atoms with van der Waals surface area (Å²) in [6, 6.07) is 131. The zero-order chi connectivity index (χ0) is 80.8. The van der Waals surface area contributed by atoms with Gasteiger partial charge in [-0.2, -0.15) is 0 Å². The number of fused-ring (bicyclic) bond motifs is 12. The molecule has 0 saturated heterocycles. The number of pyridine rings is 11. The number of benzene rings is 13. The van der Waals surface area contributed by atoms with Crippen LogP contribution in [0.3, 0.4) is 0 Å². The maximum absolute atomic E-state index is 5.31. The Labute approximate surface area is 701 Å². The van der Waals surface area contributed by atoms with Gasteiger partial charge in [0.1, 0.15) is 0 Å². The van der Waals surface area contributed by atoms with Crippen LogP contribution in [-0.2, 0) is 0 Å². The first-order valence-electron chi connectivity index (χ1n) is 40.7. The van der Waals surface area contributed by atoms with Gasteiger partial charge in [-0.15, -0.1) is 0 Å². The number of nitrogens with zero attached hydrogens (tertiary/aromatic N) is 11. The molecule has 0 aliphatic rings. The molecule has 0 saturated carbocycles. The van der Waals surface area contributed by atoms with Crippen molar-refractivity contribution in [2.75, 3.05) is 0 Å². The molecule has 0 bridgehead atoms. The third kappa shape index (κ3) is 13.9. The molecule has 24 aromatic rings. The van der Waals surface area contributed by atoms with Crippen LogP contribution in [0.25, 0.3) is 232 Å². The largest absolute Gasteiger partial charge is 0.265 e. The molecule has 13 aromatic carbocycles. The number of aromatic nitrogens is 11. The minimum absolute atomic E-state index is 0.911. The topological polar surface area (TPSA) is 142 Å². The Morgan fingerprint density at radius 1 is 0.156 bits per heavy atom. The zero-order valence-electron chi connectivity index (χ0n) is 65.8. The van der Waals surface area contributed by atoms with Crippen LogP contribution in [-0.4, -0.2) is 54.8 Å². The fraction of sp³-hybridized carbons (Fsp3) is 0. The Morgan fingerprint density at radius 2 is 0.475 bits per heavy atom. The number of hydrogen-bond acceptors (Lipinski definition) is 11. The standard InChI is InChI=1S/C49H29N5.C33H21N3.C29H19N3/c1-3-11-39-37(9-1)46(38-10-2-4-12-40(38)47(39)45-23-15-31-14-13-30-7-6-26-51-48(30)49(31)54-45)44-24-19-35-28-33(17-21-42(35)53-44)32-16-20-41-34(27-32)18-22-43(52-41)36-8-5-25-50-29-36;1-2-6-28-22(4-1)5-3-7-29(28)33-15-11-27-21-25(9-13-32(27)36-33)24-8-12-31-26(20-24)10-14-30(35-31)23-16-18-34-19-17-23;1-2-4-20(5-3-1)26-12-8-24-18-22(6-10-28(24)31-26)23-7-11-29-25(19-23)9-13-27(32-29)21-14-16-30-17-15-21/h1-29H;1-21H;1-19H. The summed E-state index contributed by atoms with van der Waals surface area (Å²) in [6.45, 7) is 0. The minimum atomic E-state index is 0.911. The molecule has 0 amide bonds. The van der Waals surface area contributed by atoms with Crippen LogP contribution in [0, 0.1) is 0 Å². The first-order valence-corrected chi connectivity index (χ1v) is 40.7. The van der Waals surface area contributed by atoms with Crippen molar-refractivity contribution in [3.8, 4) is 112 Å². The van der Waals surface area contributed by atoms with E-state index < -0.39 is 0 Å².